The van der Waals surface area contributed by atoms with E-state index in [1.807, 2.05) is 29.2 Å². The number of urea groups is 1. The summed E-state index contributed by atoms with van der Waals surface area (Å²) in [4.78, 5) is 18.8. The molecule has 1 aromatic heterocycles. The molecule has 2 amide bonds. The smallest absolute Gasteiger partial charge is 0.318 e. The third kappa shape index (κ3) is 6.74. The van der Waals surface area contributed by atoms with Gasteiger partial charge in [-0.25, -0.2) is 4.79 Å². The molecule has 3 rings (SSSR count). The summed E-state index contributed by atoms with van der Waals surface area (Å²) in [6.45, 7) is 10.4. The fourth-order valence-corrected chi connectivity index (χ4v) is 4.53. The van der Waals surface area contributed by atoms with Crippen LogP contribution in [-0.4, -0.2) is 48.6 Å². The van der Waals surface area contributed by atoms with E-state index < -0.39 is 0 Å². The first-order valence-corrected chi connectivity index (χ1v) is 11.8. The van der Waals surface area contributed by atoms with E-state index >= 15 is 0 Å². The van der Waals surface area contributed by atoms with Crippen LogP contribution in [0, 0.1) is 12.8 Å². The molecule has 2 aromatic rings. The number of hydrogen-bond donors (Lipinski definition) is 1. The van der Waals surface area contributed by atoms with Crippen molar-refractivity contribution in [3.63, 3.8) is 0 Å². The fourth-order valence-electron chi connectivity index (χ4n) is 3.66. The molecule has 1 aromatic carbocycles. The lowest BCUT2D eigenvalue weighted by Gasteiger charge is -2.37. The molecule has 0 bridgehead atoms. The van der Waals surface area contributed by atoms with Crippen molar-refractivity contribution in [3.8, 4) is 5.75 Å². The van der Waals surface area contributed by atoms with Crippen LogP contribution in [0.1, 0.15) is 42.7 Å². The van der Waals surface area contributed by atoms with Gasteiger partial charge >= 0.3 is 6.03 Å². The first kappa shape index (κ1) is 22.6. The zero-order chi connectivity index (χ0) is 21.5. The second kappa shape index (κ2) is 10.8. The Balaban J connectivity index is 1.59. The molecule has 0 spiro atoms. The van der Waals surface area contributed by atoms with Crippen LogP contribution in [0.4, 0.5) is 4.79 Å². The summed E-state index contributed by atoms with van der Waals surface area (Å²) in [7, 11) is 2.15. The Morgan fingerprint density at radius 2 is 1.97 bits per heavy atom. The minimum absolute atomic E-state index is 0.0238. The Morgan fingerprint density at radius 3 is 2.57 bits per heavy atom. The molecule has 1 fully saturated rings. The van der Waals surface area contributed by atoms with Crippen molar-refractivity contribution >= 4 is 17.4 Å². The number of hydrogen-bond acceptors (Lipinski definition) is 4. The number of ether oxygens (including phenoxy) is 1. The molecular weight excluding hydrogens is 394 g/mol. The highest BCUT2D eigenvalue weighted by Crippen LogP contribution is 2.22. The Kier molecular flexibility index (Phi) is 8.16. The molecule has 0 unspecified atom stereocenters. The molecule has 30 heavy (non-hydrogen) atoms. The first-order valence-electron chi connectivity index (χ1n) is 10.9. The van der Waals surface area contributed by atoms with E-state index in [0.29, 0.717) is 25.6 Å². The summed E-state index contributed by atoms with van der Waals surface area (Å²) in [6, 6.07) is 10.5. The summed E-state index contributed by atoms with van der Waals surface area (Å²) in [5, 5.41) is 5.30. The standard InChI is InChI=1S/C24H35N3O2S/c1-18(2)16-29-22-7-5-20(6-8-22)14-25-24(28)27(15-23-13-19(3)17-30-23)21-9-11-26(4)12-10-21/h5-8,13,17-18,21H,9-12,14-16H2,1-4H3,(H,25,28). The number of piperidine rings is 1. The van der Waals surface area contributed by atoms with Gasteiger partial charge in [0.2, 0.25) is 0 Å². The van der Waals surface area contributed by atoms with Gasteiger partial charge in [0, 0.05) is 17.5 Å². The van der Waals surface area contributed by atoms with Gasteiger partial charge in [-0.05, 0) is 80.5 Å². The van der Waals surface area contributed by atoms with Crippen molar-refractivity contribution in [3.05, 3.63) is 51.7 Å². The number of likely N-dealkylation sites (tertiary alicyclic amines) is 1. The summed E-state index contributed by atoms with van der Waals surface area (Å²) >= 11 is 1.74. The van der Waals surface area contributed by atoms with Gasteiger partial charge in [0.15, 0.2) is 0 Å². The highest BCUT2D eigenvalue weighted by Gasteiger charge is 2.27. The van der Waals surface area contributed by atoms with Gasteiger partial charge in [0.25, 0.3) is 0 Å². The maximum Gasteiger partial charge on any atom is 0.318 e. The predicted octanol–water partition coefficient (Wildman–Crippen LogP) is 4.90. The van der Waals surface area contributed by atoms with E-state index in [1.54, 1.807) is 11.3 Å². The first-order chi connectivity index (χ1) is 14.4. The van der Waals surface area contributed by atoms with Gasteiger partial charge in [-0.2, -0.15) is 0 Å². The van der Waals surface area contributed by atoms with Crippen molar-refractivity contribution in [2.24, 2.45) is 5.92 Å². The number of carbonyl (C=O) groups excluding carboxylic acids is 1. The molecule has 1 saturated heterocycles. The molecule has 0 saturated carbocycles. The van der Waals surface area contributed by atoms with Gasteiger partial charge in [-0.15, -0.1) is 11.3 Å². The predicted molar refractivity (Wildman–Crippen MR) is 124 cm³/mol. The van der Waals surface area contributed by atoms with Crippen molar-refractivity contribution in [2.45, 2.75) is 52.7 Å². The van der Waals surface area contributed by atoms with E-state index in [1.165, 1.54) is 10.4 Å². The monoisotopic (exact) mass is 429 g/mol. The largest absolute Gasteiger partial charge is 0.493 e. The van der Waals surface area contributed by atoms with Crippen molar-refractivity contribution in [2.75, 3.05) is 26.7 Å². The van der Waals surface area contributed by atoms with Crippen molar-refractivity contribution < 1.29 is 9.53 Å². The van der Waals surface area contributed by atoms with Gasteiger partial charge in [-0.3, -0.25) is 0 Å². The summed E-state index contributed by atoms with van der Waals surface area (Å²) < 4.78 is 5.74. The zero-order valence-corrected chi connectivity index (χ0v) is 19.5. The lowest BCUT2D eigenvalue weighted by Crippen LogP contribution is -2.49. The Labute approximate surface area is 185 Å². The molecule has 0 aliphatic carbocycles. The van der Waals surface area contributed by atoms with Crippen molar-refractivity contribution in [1.82, 2.24) is 15.1 Å². The highest BCUT2D eigenvalue weighted by molar-refractivity contribution is 7.10. The van der Waals surface area contributed by atoms with E-state index in [4.69, 9.17) is 4.74 Å². The molecule has 1 aliphatic rings. The molecule has 1 N–H and O–H groups in total. The second-order valence-corrected chi connectivity index (χ2v) is 9.76. The number of carbonyl (C=O) groups is 1. The van der Waals surface area contributed by atoms with E-state index in [9.17, 15) is 4.79 Å². The molecule has 0 radical (unpaired) electrons. The minimum atomic E-state index is 0.0238. The SMILES string of the molecule is Cc1csc(CN(C(=O)NCc2ccc(OCC(C)C)cc2)C2CCN(C)CC2)c1. The quantitative estimate of drug-likeness (QED) is 0.649. The maximum absolute atomic E-state index is 13.1. The van der Waals surface area contributed by atoms with Gasteiger partial charge in [0.1, 0.15) is 5.75 Å². The normalized spacial score (nSPS) is 15.4. The van der Waals surface area contributed by atoms with Crippen LogP contribution < -0.4 is 10.1 Å². The Morgan fingerprint density at radius 1 is 1.27 bits per heavy atom. The van der Waals surface area contributed by atoms with Crippen LogP contribution in [0.15, 0.2) is 35.7 Å². The summed E-state index contributed by atoms with van der Waals surface area (Å²) in [5.74, 6) is 1.38. The second-order valence-electron chi connectivity index (χ2n) is 8.76. The lowest BCUT2D eigenvalue weighted by atomic mass is 10.0. The average Bonchev–Trinajstić information content (AvgIpc) is 3.15. The Bertz CT molecular complexity index is 795. The number of rotatable bonds is 8. The lowest BCUT2D eigenvalue weighted by molar-refractivity contribution is 0.127. The third-order valence-corrected chi connectivity index (χ3v) is 6.49. The number of thiophene rings is 1. The molecule has 5 nitrogen and oxygen atoms in total. The van der Waals surface area contributed by atoms with Gasteiger partial charge < -0.3 is 19.9 Å². The van der Waals surface area contributed by atoms with Crippen LogP contribution >= 0.6 is 11.3 Å². The molecular formula is C24H35N3O2S. The fraction of sp³-hybridized carbons (Fsp3) is 0.542. The number of nitrogens with one attached hydrogen (secondary N) is 1. The molecule has 164 valence electrons. The van der Waals surface area contributed by atoms with Crippen LogP contribution in [0.3, 0.4) is 0 Å². The molecule has 6 heteroatoms. The van der Waals surface area contributed by atoms with Crippen molar-refractivity contribution in [1.29, 1.82) is 0 Å². The molecule has 0 atom stereocenters. The van der Waals surface area contributed by atoms with E-state index in [-0.39, 0.29) is 12.1 Å². The molecule has 2 heterocycles. The van der Waals surface area contributed by atoms with Crippen LogP contribution in [0.5, 0.6) is 5.75 Å². The minimum Gasteiger partial charge on any atom is -0.493 e. The Hall–Kier alpha value is -2.05. The number of benzene rings is 1. The van der Waals surface area contributed by atoms with Crippen LogP contribution in [0.2, 0.25) is 0 Å². The summed E-state index contributed by atoms with van der Waals surface area (Å²) in [5.41, 5.74) is 2.34. The topological polar surface area (TPSA) is 44.8 Å². The maximum atomic E-state index is 13.1. The van der Waals surface area contributed by atoms with E-state index in [0.717, 1.165) is 37.2 Å². The number of amides is 2. The van der Waals surface area contributed by atoms with Gasteiger partial charge in [-0.1, -0.05) is 26.0 Å². The van der Waals surface area contributed by atoms with Gasteiger partial charge in [0.05, 0.1) is 13.2 Å². The highest BCUT2D eigenvalue weighted by atomic mass is 32.1. The number of aryl methyl sites for hydroxylation is 1. The third-order valence-electron chi connectivity index (χ3n) is 5.45. The van der Waals surface area contributed by atoms with Crippen LogP contribution in [-0.2, 0) is 13.1 Å². The zero-order valence-electron chi connectivity index (χ0n) is 18.7. The average molecular weight is 430 g/mol. The van der Waals surface area contributed by atoms with Crippen LogP contribution in [0.25, 0.3) is 0 Å². The number of nitrogens with zero attached hydrogens (tertiary/aromatic N) is 2. The molecule has 1 aliphatic heterocycles. The summed E-state index contributed by atoms with van der Waals surface area (Å²) in [6.07, 6.45) is 2.05. The van der Waals surface area contributed by atoms with E-state index in [2.05, 4.69) is 49.5 Å².